The van der Waals surface area contributed by atoms with Gasteiger partial charge in [0, 0.05) is 12.6 Å². The van der Waals surface area contributed by atoms with Gasteiger partial charge in [0.15, 0.2) is 0 Å². The number of nitrogens with one attached hydrogen (secondary N) is 1. The Balaban J connectivity index is 2.62. The molecular weight excluding hydrogens is 251 g/mol. The molecule has 0 unspecified atom stereocenters. The third-order valence-electron chi connectivity index (χ3n) is 2.14. The van der Waals surface area contributed by atoms with Crippen molar-refractivity contribution in [3.05, 3.63) is 23.8 Å². The van der Waals surface area contributed by atoms with Crippen molar-refractivity contribution in [2.75, 3.05) is 13.7 Å². The van der Waals surface area contributed by atoms with Crippen molar-refractivity contribution in [3.8, 4) is 11.5 Å². The first-order valence-electron chi connectivity index (χ1n) is 5.05. The standard InChI is InChI=1S/C11H12F3NO3/c1-18-7-2-3-8(9(16)6-7)10(17)15-5-4-11(12,13)14/h2-3,6,16H,4-5H2,1H3,(H,15,17). The highest BCUT2D eigenvalue weighted by Crippen LogP contribution is 2.23. The molecule has 0 spiro atoms. The minimum absolute atomic E-state index is 0.0991. The van der Waals surface area contributed by atoms with Gasteiger partial charge in [-0.05, 0) is 12.1 Å². The fraction of sp³-hybridized carbons (Fsp3) is 0.364. The van der Waals surface area contributed by atoms with E-state index in [0.717, 1.165) is 0 Å². The highest BCUT2D eigenvalue weighted by atomic mass is 19.4. The van der Waals surface area contributed by atoms with E-state index in [-0.39, 0.29) is 11.3 Å². The number of carbonyl (C=O) groups excluding carboxylic acids is 1. The number of halogens is 3. The molecule has 2 N–H and O–H groups in total. The molecular formula is C11H12F3NO3. The molecule has 0 saturated carbocycles. The molecule has 0 radical (unpaired) electrons. The molecule has 1 aromatic carbocycles. The van der Waals surface area contributed by atoms with E-state index in [9.17, 15) is 23.1 Å². The number of aromatic hydroxyl groups is 1. The van der Waals surface area contributed by atoms with Gasteiger partial charge in [-0.15, -0.1) is 0 Å². The molecule has 0 atom stereocenters. The molecule has 0 saturated heterocycles. The van der Waals surface area contributed by atoms with Gasteiger partial charge in [0.05, 0.1) is 19.1 Å². The van der Waals surface area contributed by atoms with Crippen LogP contribution in [-0.4, -0.2) is 30.8 Å². The first kappa shape index (κ1) is 14.1. The Labute approximate surface area is 101 Å². The summed E-state index contributed by atoms with van der Waals surface area (Å²) in [7, 11) is 1.39. The van der Waals surface area contributed by atoms with E-state index in [2.05, 4.69) is 5.32 Å². The van der Waals surface area contributed by atoms with Crippen molar-refractivity contribution in [3.63, 3.8) is 0 Å². The molecule has 1 amide bonds. The van der Waals surface area contributed by atoms with Crippen molar-refractivity contribution >= 4 is 5.91 Å². The summed E-state index contributed by atoms with van der Waals surface area (Å²) in [6.07, 6.45) is -5.44. The zero-order chi connectivity index (χ0) is 13.8. The lowest BCUT2D eigenvalue weighted by molar-refractivity contribution is -0.132. The predicted molar refractivity (Wildman–Crippen MR) is 57.7 cm³/mol. The van der Waals surface area contributed by atoms with Crippen LogP contribution in [0.5, 0.6) is 11.5 Å². The van der Waals surface area contributed by atoms with Crippen LogP contribution in [0, 0.1) is 0 Å². The maximum absolute atomic E-state index is 11.9. The number of alkyl halides is 3. The quantitative estimate of drug-likeness (QED) is 0.874. The average Bonchev–Trinajstić information content (AvgIpc) is 2.26. The molecule has 4 nitrogen and oxygen atoms in total. The van der Waals surface area contributed by atoms with Crippen LogP contribution in [0.3, 0.4) is 0 Å². The second kappa shape index (κ2) is 5.61. The number of rotatable bonds is 4. The van der Waals surface area contributed by atoms with E-state index in [4.69, 9.17) is 4.74 Å². The van der Waals surface area contributed by atoms with Gasteiger partial charge in [-0.3, -0.25) is 4.79 Å². The molecule has 0 heterocycles. The van der Waals surface area contributed by atoms with Gasteiger partial charge in [-0.25, -0.2) is 0 Å². The molecule has 0 fully saturated rings. The van der Waals surface area contributed by atoms with Gasteiger partial charge < -0.3 is 15.2 Å². The number of phenols is 1. The Morgan fingerprint density at radius 3 is 2.61 bits per heavy atom. The molecule has 1 rings (SSSR count). The SMILES string of the molecule is COc1ccc(C(=O)NCCC(F)(F)F)c(O)c1. The Morgan fingerprint density at radius 1 is 1.44 bits per heavy atom. The van der Waals surface area contributed by atoms with E-state index in [1.165, 1.54) is 25.3 Å². The Hall–Kier alpha value is -1.92. The predicted octanol–water partition coefficient (Wildman–Crippen LogP) is 2.08. The Morgan fingerprint density at radius 2 is 2.11 bits per heavy atom. The van der Waals surface area contributed by atoms with E-state index >= 15 is 0 Å². The molecule has 0 bridgehead atoms. The number of carbonyl (C=O) groups is 1. The van der Waals surface area contributed by atoms with Gasteiger partial charge in [-0.1, -0.05) is 0 Å². The normalized spacial score (nSPS) is 11.1. The van der Waals surface area contributed by atoms with Gasteiger partial charge in [0.2, 0.25) is 0 Å². The van der Waals surface area contributed by atoms with Crippen LogP contribution >= 0.6 is 0 Å². The number of phenolic OH excluding ortho intramolecular Hbond substituents is 1. The zero-order valence-corrected chi connectivity index (χ0v) is 9.54. The van der Waals surface area contributed by atoms with Crippen LogP contribution in [0.4, 0.5) is 13.2 Å². The van der Waals surface area contributed by atoms with Crippen LogP contribution in [0.2, 0.25) is 0 Å². The van der Waals surface area contributed by atoms with E-state index in [1.807, 2.05) is 0 Å². The summed E-state index contributed by atoms with van der Waals surface area (Å²) >= 11 is 0. The Kier molecular flexibility index (Phi) is 4.41. The monoisotopic (exact) mass is 263 g/mol. The van der Waals surface area contributed by atoms with Crippen molar-refractivity contribution in [2.24, 2.45) is 0 Å². The summed E-state index contributed by atoms with van der Waals surface area (Å²) in [5.41, 5.74) is -0.0991. The lowest BCUT2D eigenvalue weighted by atomic mass is 10.1. The third-order valence-corrected chi connectivity index (χ3v) is 2.14. The van der Waals surface area contributed by atoms with Crippen LogP contribution in [0.15, 0.2) is 18.2 Å². The van der Waals surface area contributed by atoms with Crippen LogP contribution < -0.4 is 10.1 Å². The van der Waals surface area contributed by atoms with Crippen molar-refractivity contribution in [1.29, 1.82) is 0 Å². The fourth-order valence-electron chi connectivity index (χ4n) is 1.24. The first-order valence-corrected chi connectivity index (χ1v) is 5.05. The Bertz CT molecular complexity index is 432. The molecule has 18 heavy (non-hydrogen) atoms. The zero-order valence-electron chi connectivity index (χ0n) is 9.54. The van der Waals surface area contributed by atoms with Gasteiger partial charge in [-0.2, -0.15) is 13.2 Å². The summed E-state index contributed by atoms with van der Waals surface area (Å²) in [6, 6.07) is 3.91. The maximum atomic E-state index is 11.9. The molecule has 0 aliphatic heterocycles. The van der Waals surface area contributed by atoms with E-state index < -0.39 is 25.0 Å². The van der Waals surface area contributed by atoms with Crippen LogP contribution in [0.1, 0.15) is 16.8 Å². The smallest absolute Gasteiger partial charge is 0.390 e. The molecule has 0 aromatic heterocycles. The lowest BCUT2D eigenvalue weighted by Crippen LogP contribution is -2.27. The summed E-state index contributed by atoms with van der Waals surface area (Å²) in [5.74, 6) is -0.766. The summed E-state index contributed by atoms with van der Waals surface area (Å²) in [6.45, 7) is -0.534. The molecule has 1 aromatic rings. The van der Waals surface area contributed by atoms with Gasteiger partial charge in [0.25, 0.3) is 5.91 Å². The minimum Gasteiger partial charge on any atom is -0.507 e. The van der Waals surface area contributed by atoms with Crippen LogP contribution in [0.25, 0.3) is 0 Å². The summed E-state index contributed by atoms with van der Waals surface area (Å²) in [4.78, 5) is 11.5. The first-order chi connectivity index (χ1) is 8.33. The molecule has 0 aliphatic rings. The van der Waals surface area contributed by atoms with E-state index in [0.29, 0.717) is 5.75 Å². The topological polar surface area (TPSA) is 58.6 Å². The third kappa shape index (κ3) is 4.15. The molecule has 7 heteroatoms. The summed E-state index contributed by atoms with van der Waals surface area (Å²) < 4.78 is 40.4. The van der Waals surface area contributed by atoms with Gasteiger partial charge >= 0.3 is 6.18 Å². The minimum atomic E-state index is -4.32. The number of amides is 1. The highest BCUT2D eigenvalue weighted by molar-refractivity contribution is 5.96. The molecule has 0 aliphatic carbocycles. The highest BCUT2D eigenvalue weighted by Gasteiger charge is 2.26. The number of ether oxygens (including phenoxy) is 1. The fourth-order valence-corrected chi connectivity index (χ4v) is 1.24. The van der Waals surface area contributed by atoms with Crippen molar-refractivity contribution < 1.29 is 27.8 Å². The van der Waals surface area contributed by atoms with Crippen molar-refractivity contribution in [2.45, 2.75) is 12.6 Å². The van der Waals surface area contributed by atoms with Gasteiger partial charge in [0.1, 0.15) is 11.5 Å². The van der Waals surface area contributed by atoms with Crippen LogP contribution in [-0.2, 0) is 0 Å². The number of hydrogen-bond acceptors (Lipinski definition) is 3. The second-order valence-electron chi connectivity index (χ2n) is 3.50. The molecule has 100 valence electrons. The second-order valence-corrected chi connectivity index (χ2v) is 3.50. The number of hydrogen-bond donors (Lipinski definition) is 2. The number of benzene rings is 1. The summed E-state index contributed by atoms with van der Waals surface area (Å²) in [5, 5.41) is 11.6. The van der Waals surface area contributed by atoms with E-state index in [1.54, 1.807) is 0 Å². The number of methoxy groups -OCH3 is 1. The average molecular weight is 263 g/mol. The van der Waals surface area contributed by atoms with Crippen molar-refractivity contribution in [1.82, 2.24) is 5.32 Å². The lowest BCUT2D eigenvalue weighted by Gasteiger charge is -2.09. The largest absolute Gasteiger partial charge is 0.507 e. The maximum Gasteiger partial charge on any atom is 0.390 e.